The largest absolute Gasteiger partial charge is 0.378 e. The lowest BCUT2D eigenvalue weighted by Gasteiger charge is -2.39. The molecule has 1 saturated carbocycles. The van der Waals surface area contributed by atoms with Crippen molar-refractivity contribution in [2.75, 3.05) is 19.8 Å². The van der Waals surface area contributed by atoms with Gasteiger partial charge in [-0.05, 0) is 37.7 Å². The Morgan fingerprint density at radius 1 is 1.00 bits per heavy atom. The van der Waals surface area contributed by atoms with Gasteiger partial charge in [0.2, 0.25) is 5.91 Å². The van der Waals surface area contributed by atoms with Crippen LogP contribution in [0.3, 0.4) is 0 Å². The molecule has 0 unspecified atom stereocenters. The number of carbonyl (C=O) groups excluding carboxylic acids is 1. The number of benzene rings is 2. The van der Waals surface area contributed by atoms with Gasteiger partial charge in [0.1, 0.15) is 0 Å². The molecule has 2 fully saturated rings. The van der Waals surface area contributed by atoms with Crippen molar-refractivity contribution < 1.29 is 9.53 Å². The smallest absolute Gasteiger partial charge is 0.223 e. The van der Waals surface area contributed by atoms with Crippen LogP contribution in [0.1, 0.15) is 38.2 Å². The van der Waals surface area contributed by atoms with E-state index < -0.39 is 0 Å². The van der Waals surface area contributed by atoms with E-state index in [1.54, 1.807) is 0 Å². The van der Waals surface area contributed by atoms with Gasteiger partial charge in [-0.2, -0.15) is 0 Å². The van der Waals surface area contributed by atoms with Gasteiger partial charge >= 0.3 is 0 Å². The molecule has 26 heavy (non-hydrogen) atoms. The molecule has 3 nitrogen and oxygen atoms in total. The second-order valence-electron chi connectivity index (χ2n) is 7.40. The Labute approximate surface area is 157 Å². The second-order valence-corrected chi connectivity index (χ2v) is 7.40. The minimum Gasteiger partial charge on any atom is -0.378 e. The van der Waals surface area contributed by atoms with Crippen molar-refractivity contribution in [1.29, 1.82) is 0 Å². The van der Waals surface area contributed by atoms with Crippen molar-refractivity contribution in [2.45, 2.75) is 38.1 Å². The third-order valence-corrected chi connectivity index (χ3v) is 5.17. The molecule has 0 spiro atoms. The van der Waals surface area contributed by atoms with Crippen LogP contribution >= 0.6 is 0 Å². The van der Waals surface area contributed by atoms with E-state index >= 15 is 0 Å². The fourth-order valence-corrected chi connectivity index (χ4v) is 3.38. The topological polar surface area (TPSA) is 29.5 Å². The van der Waals surface area contributed by atoms with Crippen molar-refractivity contribution >= 4 is 5.91 Å². The minimum atomic E-state index is -0.330. The molecule has 2 aliphatic rings. The normalized spacial score (nSPS) is 18.8. The van der Waals surface area contributed by atoms with Crippen molar-refractivity contribution in [2.24, 2.45) is 5.92 Å². The van der Waals surface area contributed by atoms with Crippen molar-refractivity contribution in [3.05, 3.63) is 72.3 Å². The van der Waals surface area contributed by atoms with Crippen LogP contribution in [0, 0.1) is 5.92 Å². The first-order valence-electron chi connectivity index (χ1n) is 9.64. The lowest BCUT2D eigenvalue weighted by atomic mass is 9.91. The van der Waals surface area contributed by atoms with Gasteiger partial charge in [-0.25, -0.2) is 0 Å². The molecule has 0 radical (unpaired) electrons. The highest BCUT2D eigenvalue weighted by Crippen LogP contribution is 2.34. The first-order valence-corrected chi connectivity index (χ1v) is 9.64. The molecule has 0 N–H and O–H groups in total. The third kappa shape index (κ3) is 4.95. The van der Waals surface area contributed by atoms with Gasteiger partial charge in [-0.3, -0.25) is 4.79 Å². The number of hydrogen-bond acceptors (Lipinski definition) is 2. The van der Waals surface area contributed by atoms with E-state index in [0.717, 1.165) is 25.5 Å². The Balaban J connectivity index is 0.000000278. The summed E-state index contributed by atoms with van der Waals surface area (Å²) in [6.07, 6.45) is 4.23. The van der Waals surface area contributed by atoms with Crippen LogP contribution in [0.15, 0.2) is 66.7 Å². The maximum Gasteiger partial charge on any atom is 0.223 e. The number of hydrogen-bond donors (Lipinski definition) is 0. The highest BCUT2D eigenvalue weighted by molar-refractivity contribution is 5.79. The quantitative estimate of drug-likeness (QED) is 0.759. The zero-order valence-corrected chi connectivity index (χ0v) is 15.6. The maximum atomic E-state index is 12.2. The SMILES string of the molecule is C[C@@](COCC1CC1)(c1ccccc1)N1CCCC1=O.c1ccccc1. The summed E-state index contributed by atoms with van der Waals surface area (Å²) < 4.78 is 5.94. The Morgan fingerprint density at radius 2 is 1.58 bits per heavy atom. The first-order chi connectivity index (χ1) is 12.7. The Hall–Kier alpha value is -2.13. The lowest BCUT2D eigenvalue weighted by Crippen LogP contribution is -2.48. The summed E-state index contributed by atoms with van der Waals surface area (Å²) in [5, 5.41) is 0. The van der Waals surface area contributed by atoms with Crippen LogP contribution in [0.5, 0.6) is 0 Å². The molecule has 4 rings (SSSR count). The molecular weight excluding hydrogens is 322 g/mol. The van der Waals surface area contributed by atoms with Gasteiger partial charge in [0.05, 0.1) is 12.1 Å². The molecule has 1 atom stereocenters. The van der Waals surface area contributed by atoms with E-state index in [2.05, 4.69) is 19.1 Å². The molecule has 0 bridgehead atoms. The molecular formula is C23H29NO2. The standard InChI is InChI=1S/C17H23NO2.C6H6/c1-17(13-20-12-14-9-10-14,15-6-3-2-4-7-15)18-11-5-8-16(18)19;1-2-4-6-5-3-1/h2-4,6-7,14H,5,8-13H2,1H3;1-6H/t17-;/m1./s1. The average Bonchev–Trinajstić information content (AvgIpc) is 3.42. The van der Waals surface area contributed by atoms with E-state index in [0.29, 0.717) is 13.0 Å². The summed E-state index contributed by atoms with van der Waals surface area (Å²) in [6.45, 7) is 4.42. The monoisotopic (exact) mass is 351 g/mol. The third-order valence-electron chi connectivity index (χ3n) is 5.17. The summed E-state index contributed by atoms with van der Waals surface area (Å²) >= 11 is 0. The summed E-state index contributed by atoms with van der Waals surface area (Å²) in [5.74, 6) is 1.01. The van der Waals surface area contributed by atoms with E-state index in [-0.39, 0.29) is 11.4 Å². The summed E-state index contributed by atoms with van der Waals surface area (Å²) in [6, 6.07) is 22.3. The van der Waals surface area contributed by atoms with Gasteiger partial charge < -0.3 is 9.64 Å². The van der Waals surface area contributed by atoms with Gasteiger partial charge in [-0.15, -0.1) is 0 Å². The van der Waals surface area contributed by atoms with Gasteiger partial charge in [-0.1, -0.05) is 66.7 Å². The summed E-state index contributed by atoms with van der Waals surface area (Å²) in [7, 11) is 0. The molecule has 2 aromatic rings. The molecule has 3 heteroatoms. The van der Waals surface area contributed by atoms with Gasteiger partial charge in [0.15, 0.2) is 0 Å². The van der Waals surface area contributed by atoms with Crippen LogP contribution in [-0.2, 0) is 15.1 Å². The van der Waals surface area contributed by atoms with E-state index in [9.17, 15) is 4.79 Å². The van der Waals surface area contributed by atoms with Crippen LogP contribution in [0.2, 0.25) is 0 Å². The van der Waals surface area contributed by atoms with Crippen LogP contribution in [-0.4, -0.2) is 30.6 Å². The van der Waals surface area contributed by atoms with Gasteiger partial charge in [0.25, 0.3) is 0 Å². The number of carbonyl (C=O) groups is 1. The molecule has 0 aromatic heterocycles. The Morgan fingerprint density at radius 3 is 2.08 bits per heavy atom. The van der Waals surface area contributed by atoms with Crippen molar-refractivity contribution in [1.82, 2.24) is 4.90 Å². The van der Waals surface area contributed by atoms with E-state index in [1.165, 1.54) is 18.4 Å². The molecule has 1 saturated heterocycles. The Bertz CT molecular complexity index is 642. The highest BCUT2D eigenvalue weighted by atomic mass is 16.5. The fourth-order valence-electron chi connectivity index (χ4n) is 3.38. The first kappa shape index (κ1) is 18.7. The average molecular weight is 351 g/mol. The van der Waals surface area contributed by atoms with Crippen molar-refractivity contribution in [3.8, 4) is 0 Å². The van der Waals surface area contributed by atoms with Crippen LogP contribution in [0.4, 0.5) is 0 Å². The molecule has 1 aliphatic carbocycles. The number of ether oxygens (including phenoxy) is 1. The molecule has 1 amide bonds. The second kappa shape index (κ2) is 9.00. The fraction of sp³-hybridized carbons (Fsp3) is 0.435. The Kier molecular flexibility index (Phi) is 6.45. The summed E-state index contributed by atoms with van der Waals surface area (Å²) in [4.78, 5) is 14.2. The predicted octanol–water partition coefficient (Wildman–Crippen LogP) is 4.64. The number of nitrogens with zero attached hydrogens (tertiary/aromatic N) is 1. The van der Waals surface area contributed by atoms with Crippen molar-refractivity contribution in [3.63, 3.8) is 0 Å². The summed E-state index contributed by atoms with van der Waals surface area (Å²) in [5.41, 5.74) is 0.843. The zero-order chi connectivity index (χ0) is 18.2. The number of likely N-dealkylation sites (tertiary alicyclic amines) is 1. The number of rotatable bonds is 6. The zero-order valence-electron chi connectivity index (χ0n) is 15.6. The van der Waals surface area contributed by atoms with E-state index in [1.807, 2.05) is 59.5 Å². The maximum absolute atomic E-state index is 12.2. The minimum absolute atomic E-state index is 0.256. The lowest BCUT2D eigenvalue weighted by molar-refractivity contribution is -0.135. The van der Waals surface area contributed by atoms with Crippen LogP contribution < -0.4 is 0 Å². The van der Waals surface area contributed by atoms with Gasteiger partial charge in [0, 0.05) is 19.6 Å². The van der Waals surface area contributed by atoms with Crippen LogP contribution in [0.25, 0.3) is 0 Å². The molecule has 138 valence electrons. The predicted molar refractivity (Wildman–Crippen MR) is 105 cm³/mol. The van der Waals surface area contributed by atoms with E-state index in [4.69, 9.17) is 4.74 Å². The number of amides is 1. The highest BCUT2D eigenvalue weighted by Gasteiger charge is 2.39. The molecule has 2 aromatic carbocycles. The molecule has 1 heterocycles. The molecule has 1 aliphatic heterocycles.